The van der Waals surface area contributed by atoms with Crippen molar-refractivity contribution in [1.29, 1.82) is 0 Å². The van der Waals surface area contributed by atoms with Crippen LogP contribution in [0.25, 0.3) is 0 Å². The normalized spacial score (nSPS) is 12.3. The molecule has 0 aliphatic heterocycles. The highest BCUT2D eigenvalue weighted by Gasteiger charge is 1.77. The predicted octanol–water partition coefficient (Wildman–Crippen LogP) is 0.0965. The van der Waals surface area contributed by atoms with Crippen molar-refractivity contribution in [3.63, 3.8) is 0 Å². The van der Waals surface area contributed by atoms with Crippen LogP contribution >= 0.6 is 8.60 Å². The van der Waals surface area contributed by atoms with E-state index in [4.69, 9.17) is 4.89 Å². The second kappa shape index (κ2) is 9.66. The lowest BCUT2D eigenvalue weighted by Crippen LogP contribution is -1.95. The van der Waals surface area contributed by atoms with Crippen molar-refractivity contribution in [1.82, 2.24) is 0 Å². The van der Waals surface area contributed by atoms with Gasteiger partial charge in [-0.25, -0.2) is 0 Å². The van der Waals surface area contributed by atoms with Crippen molar-refractivity contribution >= 4 is 19.5 Å². The Hall–Kier alpha value is 0.660. The summed E-state index contributed by atoms with van der Waals surface area (Å²) in [6.07, 6.45) is 6.58. The molecule has 0 saturated carbocycles. The summed E-state index contributed by atoms with van der Waals surface area (Å²) in [4.78, 5) is 17.4. The van der Waals surface area contributed by atoms with E-state index in [9.17, 15) is 4.89 Å². The summed E-state index contributed by atoms with van der Waals surface area (Å²) in [6.45, 7) is 1.95. The molecule has 0 spiro atoms. The van der Waals surface area contributed by atoms with Crippen LogP contribution in [-0.2, 0) is 15.4 Å². The van der Waals surface area contributed by atoms with Gasteiger partial charge in [-0.3, -0.25) is 0 Å². The van der Waals surface area contributed by atoms with Crippen LogP contribution in [0.15, 0.2) is 0 Å². The van der Waals surface area contributed by atoms with E-state index in [1.54, 1.807) is 6.92 Å². The molecule has 64 valence electrons. The predicted molar refractivity (Wildman–Crippen MR) is 45.9 cm³/mol. The Balaban J connectivity index is 0. The van der Waals surface area contributed by atoms with Crippen LogP contribution in [0.5, 0.6) is 0 Å². The zero-order chi connectivity index (χ0) is 8.57. The molecule has 10 heavy (non-hydrogen) atoms. The molecule has 0 aliphatic carbocycles. The maximum absolute atomic E-state index is 9.53. The van der Waals surface area contributed by atoms with Gasteiger partial charge in [-0.15, -0.1) is 0 Å². The minimum absolute atomic E-state index is 0.297. The first kappa shape index (κ1) is 13.3. The molecule has 0 heterocycles. The van der Waals surface area contributed by atoms with E-state index >= 15 is 0 Å². The molecule has 0 aromatic rings. The third kappa shape index (κ3) is 37.9. The molecule has 0 bridgehead atoms. The van der Waals surface area contributed by atoms with Crippen LogP contribution in [0.3, 0.4) is 0 Å². The highest BCUT2D eigenvalue weighted by molar-refractivity contribution is 7.94. The molecule has 0 amide bonds. The average Bonchev–Trinajstić information content (AvgIpc) is 1.62. The molecule has 0 rings (SSSR count). The summed E-state index contributed by atoms with van der Waals surface area (Å²) >= 11 is 0. The Morgan fingerprint density at radius 3 is 1.80 bits per heavy atom. The highest BCUT2D eigenvalue weighted by atomic mass is 32.2. The molecule has 0 aliphatic rings. The van der Waals surface area contributed by atoms with Crippen LogP contribution in [0.1, 0.15) is 6.92 Å². The van der Waals surface area contributed by atoms with Crippen LogP contribution in [0.4, 0.5) is 0 Å². The minimum atomic E-state index is -2.35. The van der Waals surface area contributed by atoms with Crippen LogP contribution in [-0.4, -0.2) is 30.3 Å². The molecule has 1 atom stereocenters. The molecule has 1 unspecified atom stereocenters. The number of hydrogen-bond acceptors (Lipinski definition) is 3. The van der Waals surface area contributed by atoms with Crippen molar-refractivity contribution in [2.75, 3.05) is 25.4 Å². The van der Waals surface area contributed by atoms with Gasteiger partial charge in [-0.05, 0) is 17.8 Å². The molecule has 3 nitrogen and oxygen atoms in total. The van der Waals surface area contributed by atoms with Gasteiger partial charge < -0.3 is 14.3 Å². The van der Waals surface area contributed by atoms with Gasteiger partial charge in [0.25, 0.3) is 0 Å². The van der Waals surface area contributed by atoms with Gasteiger partial charge in [0, 0.05) is 6.61 Å². The van der Waals surface area contributed by atoms with E-state index in [0.29, 0.717) is 17.5 Å². The van der Waals surface area contributed by atoms with Crippen molar-refractivity contribution in [3.8, 4) is 0 Å². The lowest BCUT2D eigenvalue weighted by atomic mass is 10.9. The Labute approximate surface area is 66.8 Å². The fourth-order valence-electron chi connectivity index (χ4n) is 0.110. The van der Waals surface area contributed by atoms with Gasteiger partial charge in [0.1, 0.15) is 0 Å². The highest BCUT2D eigenvalue weighted by Crippen LogP contribution is 2.16. The molecular weight excluding hydrogens is 171 g/mol. The minimum Gasteiger partial charge on any atom is -0.786 e. The summed E-state index contributed by atoms with van der Waals surface area (Å²) < 4.78 is 4.11. The summed E-state index contributed by atoms with van der Waals surface area (Å²) in [5.74, 6) is 0. The third-order valence-electron chi connectivity index (χ3n) is 0.240. The number of rotatable bonds is 2. The summed E-state index contributed by atoms with van der Waals surface area (Å²) in [7, 11) is -1.71. The summed E-state index contributed by atoms with van der Waals surface area (Å²) in [6, 6.07) is 0. The van der Waals surface area contributed by atoms with Crippen molar-refractivity contribution < 1.29 is 14.3 Å². The fourth-order valence-corrected chi connectivity index (χ4v) is 0.331. The van der Waals surface area contributed by atoms with E-state index in [-0.39, 0.29) is 0 Å². The maximum atomic E-state index is 9.53. The van der Waals surface area contributed by atoms with Gasteiger partial charge in [0.05, 0.1) is 27.4 Å². The SMILES string of the molecule is CCOP([O-])O.C[S+](C)C. The average molecular weight is 186 g/mol. The van der Waals surface area contributed by atoms with E-state index in [1.165, 1.54) is 0 Å². The first-order valence-corrected chi connectivity index (χ1v) is 6.37. The van der Waals surface area contributed by atoms with Crippen molar-refractivity contribution in [2.45, 2.75) is 6.92 Å². The molecular formula is C5H15O3PS. The Bertz CT molecular complexity index is 58.1. The van der Waals surface area contributed by atoms with E-state index < -0.39 is 8.60 Å². The molecule has 0 aromatic heterocycles. The van der Waals surface area contributed by atoms with Crippen LogP contribution in [0, 0.1) is 0 Å². The third-order valence-corrected chi connectivity index (χ3v) is 0.719. The largest absolute Gasteiger partial charge is 0.786 e. The zero-order valence-electron chi connectivity index (χ0n) is 6.83. The van der Waals surface area contributed by atoms with Crippen molar-refractivity contribution in [2.24, 2.45) is 0 Å². The monoisotopic (exact) mass is 186 g/mol. The molecule has 5 heteroatoms. The second-order valence-electron chi connectivity index (χ2n) is 1.88. The Kier molecular flexibility index (Phi) is 12.8. The van der Waals surface area contributed by atoms with E-state index in [2.05, 4.69) is 23.3 Å². The molecule has 0 fully saturated rings. The quantitative estimate of drug-likeness (QED) is 0.491. The van der Waals surface area contributed by atoms with Crippen LogP contribution in [0.2, 0.25) is 0 Å². The summed E-state index contributed by atoms with van der Waals surface area (Å²) in [5, 5.41) is 0. The Morgan fingerprint density at radius 2 is 1.80 bits per heavy atom. The first-order chi connectivity index (χ1) is 4.50. The maximum Gasteiger partial charge on any atom is 0.0969 e. The Morgan fingerprint density at radius 1 is 1.50 bits per heavy atom. The second-order valence-corrected chi connectivity index (χ2v) is 5.06. The smallest absolute Gasteiger partial charge is 0.0969 e. The molecule has 0 aromatic carbocycles. The first-order valence-electron chi connectivity index (χ1n) is 2.79. The molecule has 0 radical (unpaired) electrons. The van der Waals surface area contributed by atoms with Gasteiger partial charge in [-0.1, -0.05) is 0 Å². The van der Waals surface area contributed by atoms with Gasteiger partial charge in [0.2, 0.25) is 0 Å². The zero-order valence-corrected chi connectivity index (χ0v) is 8.54. The lowest BCUT2D eigenvalue weighted by molar-refractivity contribution is -0.198. The van der Waals surface area contributed by atoms with Gasteiger partial charge >= 0.3 is 0 Å². The topological polar surface area (TPSA) is 52.5 Å². The van der Waals surface area contributed by atoms with E-state index in [1.807, 2.05) is 0 Å². The lowest BCUT2D eigenvalue weighted by Gasteiger charge is -2.11. The van der Waals surface area contributed by atoms with E-state index in [0.717, 1.165) is 0 Å². The fraction of sp³-hybridized carbons (Fsp3) is 1.00. The summed E-state index contributed by atoms with van der Waals surface area (Å²) in [5.41, 5.74) is 0. The van der Waals surface area contributed by atoms with Gasteiger partial charge in [0.15, 0.2) is 0 Å². The van der Waals surface area contributed by atoms with Crippen LogP contribution < -0.4 is 4.89 Å². The standard InChI is InChI=1S/C3H9S.C2H6O3P/c1-4(2)3;1-2-5-6(3)4/h1-3H3;3H,2H2,1H3/q+1;-1. The number of hydrogen-bond donors (Lipinski definition) is 1. The van der Waals surface area contributed by atoms with Crippen molar-refractivity contribution in [3.05, 3.63) is 0 Å². The molecule has 0 saturated heterocycles. The van der Waals surface area contributed by atoms with Gasteiger partial charge in [-0.2, -0.15) is 0 Å². The molecule has 1 N–H and O–H groups in total.